The van der Waals surface area contributed by atoms with E-state index in [-0.39, 0.29) is 5.41 Å². The zero-order chi connectivity index (χ0) is 19.6. The number of rotatable bonds is 3. The smallest absolute Gasteiger partial charge is 0.159 e. The third-order valence-electron chi connectivity index (χ3n) is 5.87. The maximum Gasteiger partial charge on any atom is 0.159 e. The fraction of sp³-hybridized carbons (Fsp3) is 0.381. The Labute approximate surface area is 163 Å². The van der Waals surface area contributed by atoms with Crippen LogP contribution in [0.3, 0.4) is 0 Å². The highest BCUT2D eigenvalue weighted by atomic mass is 15.4. The Bertz CT molecular complexity index is 1220. The van der Waals surface area contributed by atoms with E-state index in [4.69, 9.17) is 9.97 Å². The van der Waals surface area contributed by atoms with Gasteiger partial charge in [0.15, 0.2) is 5.82 Å². The van der Waals surface area contributed by atoms with Gasteiger partial charge < -0.3 is 4.57 Å². The quantitative estimate of drug-likeness (QED) is 0.551. The second kappa shape index (κ2) is 5.70. The largest absolute Gasteiger partial charge is 0.331 e. The molecule has 0 N–H and O–H groups in total. The predicted octanol–water partition coefficient (Wildman–Crippen LogP) is 3.31. The summed E-state index contributed by atoms with van der Waals surface area (Å²) in [5.74, 6) is 4.55. The normalized spacial score (nSPS) is 21.4. The number of para-hydroxylation sites is 2. The molecule has 0 amide bonds. The summed E-state index contributed by atoms with van der Waals surface area (Å²) in [4.78, 5) is 18.7. The molecule has 1 saturated carbocycles. The average Bonchev–Trinajstić information content (AvgIpc) is 3.07. The van der Waals surface area contributed by atoms with Crippen molar-refractivity contribution in [1.29, 1.82) is 0 Å². The van der Waals surface area contributed by atoms with Crippen LogP contribution in [0.1, 0.15) is 48.3 Å². The molecule has 7 nitrogen and oxygen atoms in total. The van der Waals surface area contributed by atoms with Crippen molar-refractivity contribution >= 4 is 11.0 Å². The standard InChI is InChI=1S/C21H23N7/c1-12-23-18(10-19(24-12)28-14(3)22-13(2)26-28)21(4)11-15(21)20-25-16-8-6-7-9-17(16)27(20)5/h6-10,15H,11H2,1-5H3/t15-,21+/m0/s1. The van der Waals surface area contributed by atoms with Crippen molar-refractivity contribution < 1.29 is 0 Å². The first-order chi connectivity index (χ1) is 13.4. The van der Waals surface area contributed by atoms with E-state index in [9.17, 15) is 0 Å². The maximum absolute atomic E-state index is 4.91. The van der Waals surface area contributed by atoms with E-state index in [1.54, 1.807) is 4.68 Å². The summed E-state index contributed by atoms with van der Waals surface area (Å²) >= 11 is 0. The minimum atomic E-state index is -0.0544. The molecular formula is C21H23N7. The van der Waals surface area contributed by atoms with Gasteiger partial charge in [-0.05, 0) is 39.3 Å². The molecule has 7 heteroatoms. The number of benzene rings is 1. The molecular weight excluding hydrogens is 350 g/mol. The molecule has 3 aromatic heterocycles. The Balaban J connectivity index is 1.56. The highest BCUT2D eigenvalue weighted by Crippen LogP contribution is 2.59. The number of hydrogen-bond donors (Lipinski definition) is 0. The zero-order valence-corrected chi connectivity index (χ0v) is 16.8. The third-order valence-corrected chi connectivity index (χ3v) is 5.87. The van der Waals surface area contributed by atoms with Gasteiger partial charge in [0.1, 0.15) is 23.3 Å². The average molecular weight is 373 g/mol. The molecule has 5 rings (SSSR count). The van der Waals surface area contributed by atoms with Gasteiger partial charge in [0.05, 0.1) is 16.7 Å². The lowest BCUT2D eigenvalue weighted by Crippen LogP contribution is -2.13. The van der Waals surface area contributed by atoms with E-state index in [2.05, 4.69) is 57.9 Å². The molecule has 28 heavy (non-hydrogen) atoms. The minimum Gasteiger partial charge on any atom is -0.331 e. The highest BCUT2D eigenvalue weighted by molar-refractivity contribution is 5.76. The van der Waals surface area contributed by atoms with Crippen molar-refractivity contribution in [2.24, 2.45) is 7.05 Å². The molecule has 142 valence electrons. The second-order valence-electron chi connectivity index (χ2n) is 7.97. The monoisotopic (exact) mass is 373 g/mol. The molecule has 1 aromatic carbocycles. The van der Waals surface area contributed by atoms with Gasteiger partial charge in [-0.15, -0.1) is 5.10 Å². The molecule has 1 aliphatic carbocycles. The second-order valence-corrected chi connectivity index (χ2v) is 7.97. The van der Waals surface area contributed by atoms with Crippen LogP contribution in [0.5, 0.6) is 0 Å². The molecule has 2 atom stereocenters. The van der Waals surface area contributed by atoms with E-state index in [0.717, 1.165) is 46.7 Å². The zero-order valence-electron chi connectivity index (χ0n) is 16.8. The molecule has 1 fully saturated rings. The van der Waals surface area contributed by atoms with Crippen molar-refractivity contribution in [3.05, 3.63) is 59.3 Å². The van der Waals surface area contributed by atoms with Crippen LogP contribution in [-0.4, -0.2) is 34.3 Å². The molecule has 4 aromatic rings. The summed E-state index contributed by atoms with van der Waals surface area (Å²) in [6, 6.07) is 10.3. The molecule has 3 heterocycles. The van der Waals surface area contributed by atoms with Gasteiger partial charge in [0.25, 0.3) is 0 Å². The molecule has 0 radical (unpaired) electrons. The Hall–Kier alpha value is -3.09. The van der Waals surface area contributed by atoms with E-state index in [1.807, 2.05) is 26.8 Å². The summed E-state index contributed by atoms with van der Waals surface area (Å²) in [5, 5.41) is 4.48. The van der Waals surface area contributed by atoms with Crippen molar-refractivity contribution in [3.8, 4) is 5.82 Å². The molecule has 0 aliphatic heterocycles. The Kier molecular flexibility index (Phi) is 3.47. The maximum atomic E-state index is 4.91. The summed E-state index contributed by atoms with van der Waals surface area (Å²) in [7, 11) is 2.10. The van der Waals surface area contributed by atoms with E-state index in [1.165, 1.54) is 5.52 Å². The van der Waals surface area contributed by atoms with Crippen LogP contribution < -0.4 is 0 Å². The Morgan fingerprint density at radius 2 is 1.79 bits per heavy atom. The topological polar surface area (TPSA) is 74.3 Å². The molecule has 0 bridgehead atoms. The van der Waals surface area contributed by atoms with Gasteiger partial charge in [-0.3, -0.25) is 0 Å². The predicted molar refractivity (Wildman–Crippen MR) is 107 cm³/mol. The summed E-state index contributed by atoms with van der Waals surface area (Å²) in [6.45, 7) is 8.03. The fourth-order valence-corrected chi connectivity index (χ4v) is 4.19. The minimum absolute atomic E-state index is 0.0544. The van der Waals surface area contributed by atoms with Crippen LogP contribution in [0, 0.1) is 20.8 Å². The number of nitrogens with zero attached hydrogens (tertiary/aromatic N) is 7. The van der Waals surface area contributed by atoms with Crippen molar-refractivity contribution in [2.75, 3.05) is 0 Å². The first kappa shape index (κ1) is 17.0. The van der Waals surface area contributed by atoms with Crippen LogP contribution in [0.4, 0.5) is 0 Å². The number of imidazole rings is 1. The fourth-order valence-electron chi connectivity index (χ4n) is 4.19. The number of fused-ring (bicyclic) bond motifs is 1. The van der Waals surface area contributed by atoms with Gasteiger partial charge in [0, 0.05) is 24.4 Å². The number of aromatic nitrogens is 7. The van der Waals surface area contributed by atoms with Crippen LogP contribution in [0.25, 0.3) is 16.9 Å². The molecule has 0 saturated heterocycles. The van der Waals surface area contributed by atoms with Gasteiger partial charge >= 0.3 is 0 Å². The SMILES string of the molecule is Cc1nc(-n2nc(C)nc2C)cc([C@]2(C)C[C@H]2c2nc3ccccc3n2C)n1. The van der Waals surface area contributed by atoms with Crippen molar-refractivity contribution in [2.45, 2.75) is 45.4 Å². The Morgan fingerprint density at radius 1 is 1.00 bits per heavy atom. The van der Waals surface area contributed by atoms with E-state index < -0.39 is 0 Å². The summed E-state index contributed by atoms with van der Waals surface area (Å²) in [5.41, 5.74) is 3.20. The van der Waals surface area contributed by atoms with E-state index in [0.29, 0.717) is 5.92 Å². The number of hydrogen-bond acceptors (Lipinski definition) is 5. The molecule has 1 aliphatic rings. The van der Waals surface area contributed by atoms with Crippen molar-refractivity contribution in [1.82, 2.24) is 34.3 Å². The molecule has 0 unspecified atom stereocenters. The lowest BCUT2D eigenvalue weighted by Gasteiger charge is -2.13. The van der Waals surface area contributed by atoms with Crippen molar-refractivity contribution in [3.63, 3.8) is 0 Å². The first-order valence-electron chi connectivity index (χ1n) is 9.55. The lowest BCUT2D eigenvalue weighted by molar-refractivity contribution is 0.667. The van der Waals surface area contributed by atoms with Gasteiger partial charge in [-0.1, -0.05) is 19.1 Å². The summed E-state index contributed by atoms with van der Waals surface area (Å²) in [6.07, 6.45) is 1.02. The lowest BCUT2D eigenvalue weighted by atomic mass is 10.0. The highest BCUT2D eigenvalue weighted by Gasteiger charge is 2.55. The third kappa shape index (κ3) is 2.46. The van der Waals surface area contributed by atoms with Gasteiger partial charge in [-0.25, -0.2) is 19.9 Å². The van der Waals surface area contributed by atoms with Crippen LogP contribution in [0.2, 0.25) is 0 Å². The van der Waals surface area contributed by atoms with Crippen LogP contribution in [-0.2, 0) is 12.5 Å². The number of aryl methyl sites for hydroxylation is 4. The Morgan fingerprint density at radius 3 is 2.50 bits per heavy atom. The van der Waals surface area contributed by atoms with Crippen LogP contribution in [0.15, 0.2) is 30.3 Å². The summed E-state index contributed by atoms with van der Waals surface area (Å²) < 4.78 is 4.01. The van der Waals surface area contributed by atoms with E-state index >= 15 is 0 Å². The van der Waals surface area contributed by atoms with Gasteiger partial charge in [0.2, 0.25) is 0 Å². The van der Waals surface area contributed by atoms with Crippen LogP contribution >= 0.6 is 0 Å². The first-order valence-corrected chi connectivity index (χ1v) is 9.55. The molecule has 0 spiro atoms. The van der Waals surface area contributed by atoms with Gasteiger partial charge in [-0.2, -0.15) is 4.68 Å².